The highest BCUT2D eigenvalue weighted by Crippen LogP contribution is 2.34. The van der Waals surface area contributed by atoms with Gasteiger partial charge < -0.3 is 5.32 Å². The summed E-state index contributed by atoms with van der Waals surface area (Å²) in [5.41, 5.74) is -0.737. The summed E-state index contributed by atoms with van der Waals surface area (Å²) >= 11 is 0. The summed E-state index contributed by atoms with van der Waals surface area (Å²) in [4.78, 5) is 5.78. The summed E-state index contributed by atoms with van der Waals surface area (Å²) in [6.07, 6.45) is -1.65. The Hall–Kier alpha value is -1.81. The van der Waals surface area contributed by atoms with E-state index in [-0.39, 0.29) is 11.9 Å². The molecule has 0 atom stereocenters. The Morgan fingerprint density at radius 2 is 2.10 bits per heavy atom. The molecule has 0 spiro atoms. The average molecular weight is 284 g/mol. The summed E-state index contributed by atoms with van der Waals surface area (Å²) < 4.78 is 38.5. The number of nitriles is 1. The molecule has 0 aliphatic carbocycles. The first-order valence-electron chi connectivity index (χ1n) is 6.39. The smallest absolute Gasteiger partial charge is 0.367 e. The number of piperidine rings is 1. The molecule has 0 saturated carbocycles. The maximum Gasteiger partial charge on any atom is 0.419 e. The number of nitrogens with one attached hydrogen (secondary N) is 1. The highest BCUT2D eigenvalue weighted by Gasteiger charge is 2.34. The summed E-state index contributed by atoms with van der Waals surface area (Å²) in [5, 5.41) is 11.5. The summed E-state index contributed by atoms with van der Waals surface area (Å²) in [6, 6.07) is 4.34. The fourth-order valence-electron chi connectivity index (χ4n) is 2.28. The van der Waals surface area contributed by atoms with Crippen LogP contribution in [0.5, 0.6) is 0 Å². The van der Waals surface area contributed by atoms with Crippen LogP contribution in [0.15, 0.2) is 18.3 Å². The Bertz CT molecular complexity index is 487. The molecule has 20 heavy (non-hydrogen) atoms. The van der Waals surface area contributed by atoms with E-state index in [0.29, 0.717) is 32.5 Å². The molecule has 1 aromatic rings. The van der Waals surface area contributed by atoms with E-state index >= 15 is 0 Å². The van der Waals surface area contributed by atoms with Gasteiger partial charge in [0.1, 0.15) is 5.82 Å². The second-order valence-electron chi connectivity index (χ2n) is 4.75. The molecular weight excluding hydrogens is 269 g/mol. The van der Waals surface area contributed by atoms with Crippen LogP contribution in [0.1, 0.15) is 18.4 Å². The fraction of sp³-hybridized carbons (Fsp3) is 0.538. The minimum Gasteiger partial charge on any atom is -0.367 e. The second kappa shape index (κ2) is 6.09. The number of hydrogen-bond donors (Lipinski definition) is 1. The van der Waals surface area contributed by atoms with Crippen LogP contribution >= 0.6 is 0 Å². The van der Waals surface area contributed by atoms with E-state index in [1.807, 2.05) is 4.90 Å². The van der Waals surface area contributed by atoms with Gasteiger partial charge in [0, 0.05) is 25.3 Å². The van der Waals surface area contributed by atoms with Gasteiger partial charge in [-0.25, -0.2) is 4.98 Å². The Kier molecular flexibility index (Phi) is 4.45. The molecular formula is C13H15F3N4. The quantitative estimate of drug-likeness (QED) is 0.866. The number of rotatable bonds is 3. The van der Waals surface area contributed by atoms with E-state index in [9.17, 15) is 13.2 Å². The van der Waals surface area contributed by atoms with Crippen LogP contribution in [0.2, 0.25) is 0 Å². The lowest BCUT2D eigenvalue weighted by atomic mass is 10.0. The number of aromatic nitrogens is 1. The molecule has 2 heterocycles. The SMILES string of the molecule is N#CCN1CCC(Nc2ncccc2C(F)(F)F)CC1. The molecule has 1 aliphatic heterocycles. The van der Waals surface area contributed by atoms with Gasteiger partial charge in [-0.3, -0.25) is 4.90 Å². The number of anilines is 1. The van der Waals surface area contributed by atoms with Crippen LogP contribution in [-0.2, 0) is 6.18 Å². The molecule has 0 radical (unpaired) electrons. The average Bonchev–Trinajstić information content (AvgIpc) is 2.41. The predicted molar refractivity (Wildman–Crippen MR) is 67.9 cm³/mol. The van der Waals surface area contributed by atoms with Gasteiger partial charge in [-0.1, -0.05) is 0 Å². The molecule has 0 aromatic carbocycles. The van der Waals surface area contributed by atoms with Crippen molar-refractivity contribution in [3.63, 3.8) is 0 Å². The van der Waals surface area contributed by atoms with E-state index < -0.39 is 11.7 Å². The third-order valence-electron chi connectivity index (χ3n) is 3.34. The normalized spacial score (nSPS) is 17.7. The maximum absolute atomic E-state index is 12.8. The maximum atomic E-state index is 12.8. The van der Waals surface area contributed by atoms with Crippen molar-refractivity contribution in [1.82, 2.24) is 9.88 Å². The first-order valence-corrected chi connectivity index (χ1v) is 6.39. The lowest BCUT2D eigenvalue weighted by Crippen LogP contribution is -2.39. The van der Waals surface area contributed by atoms with Crippen molar-refractivity contribution >= 4 is 5.82 Å². The Labute approximate surface area is 115 Å². The first kappa shape index (κ1) is 14.6. The lowest BCUT2D eigenvalue weighted by molar-refractivity contribution is -0.137. The molecule has 1 aliphatic rings. The third kappa shape index (κ3) is 3.61. The molecule has 0 amide bonds. The minimum atomic E-state index is -4.40. The topological polar surface area (TPSA) is 52.0 Å². The zero-order valence-electron chi connectivity index (χ0n) is 10.8. The zero-order valence-corrected chi connectivity index (χ0v) is 10.8. The van der Waals surface area contributed by atoms with Crippen LogP contribution in [0.4, 0.5) is 19.0 Å². The lowest BCUT2D eigenvalue weighted by Gasteiger charge is -2.31. The highest BCUT2D eigenvalue weighted by atomic mass is 19.4. The van der Waals surface area contributed by atoms with E-state index in [4.69, 9.17) is 5.26 Å². The van der Waals surface area contributed by atoms with E-state index in [0.717, 1.165) is 6.07 Å². The van der Waals surface area contributed by atoms with Crippen molar-refractivity contribution in [2.45, 2.75) is 25.1 Å². The van der Waals surface area contributed by atoms with Crippen molar-refractivity contribution in [2.75, 3.05) is 25.0 Å². The molecule has 108 valence electrons. The van der Waals surface area contributed by atoms with Crippen molar-refractivity contribution in [3.8, 4) is 6.07 Å². The Balaban J connectivity index is 2.00. The number of likely N-dealkylation sites (tertiary alicyclic amines) is 1. The van der Waals surface area contributed by atoms with Crippen LogP contribution < -0.4 is 5.32 Å². The van der Waals surface area contributed by atoms with E-state index in [1.54, 1.807) is 0 Å². The molecule has 2 rings (SSSR count). The van der Waals surface area contributed by atoms with Crippen molar-refractivity contribution < 1.29 is 13.2 Å². The zero-order chi connectivity index (χ0) is 14.6. The van der Waals surface area contributed by atoms with Gasteiger partial charge in [-0.05, 0) is 25.0 Å². The standard InChI is InChI=1S/C13H15F3N4/c14-13(15,16)11-2-1-6-18-12(11)19-10-3-7-20(8-4-10)9-5-17/h1-2,6,10H,3-4,7-9H2,(H,18,19). The number of halogens is 3. The number of alkyl halides is 3. The van der Waals surface area contributed by atoms with E-state index in [2.05, 4.69) is 16.4 Å². The second-order valence-corrected chi connectivity index (χ2v) is 4.75. The number of pyridine rings is 1. The first-order chi connectivity index (χ1) is 9.50. The molecule has 1 aromatic heterocycles. The van der Waals surface area contributed by atoms with Crippen molar-refractivity contribution in [1.29, 1.82) is 5.26 Å². The molecule has 1 fully saturated rings. The molecule has 0 bridgehead atoms. The molecule has 1 saturated heterocycles. The van der Waals surface area contributed by atoms with Crippen LogP contribution in [-0.4, -0.2) is 35.6 Å². The van der Waals surface area contributed by atoms with Crippen LogP contribution in [0, 0.1) is 11.3 Å². The molecule has 4 nitrogen and oxygen atoms in total. The van der Waals surface area contributed by atoms with Crippen molar-refractivity contribution in [3.05, 3.63) is 23.9 Å². The van der Waals surface area contributed by atoms with Crippen LogP contribution in [0.25, 0.3) is 0 Å². The monoisotopic (exact) mass is 284 g/mol. The minimum absolute atomic E-state index is 0.0408. The highest BCUT2D eigenvalue weighted by molar-refractivity contribution is 5.46. The Morgan fingerprint density at radius 1 is 1.40 bits per heavy atom. The fourth-order valence-corrected chi connectivity index (χ4v) is 2.28. The van der Waals surface area contributed by atoms with Crippen LogP contribution in [0.3, 0.4) is 0 Å². The number of hydrogen-bond acceptors (Lipinski definition) is 4. The predicted octanol–water partition coefficient (Wildman–Crippen LogP) is 2.50. The number of nitrogens with zero attached hydrogens (tertiary/aromatic N) is 3. The summed E-state index contributed by atoms with van der Waals surface area (Å²) in [5.74, 6) is -0.112. The third-order valence-corrected chi connectivity index (χ3v) is 3.34. The van der Waals surface area contributed by atoms with Gasteiger partial charge in [0.05, 0.1) is 18.2 Å². The summed E-state index contributed by atoms with van der Waals surface area (Å²) in [7, 11) is 0. The van der Waals surface area contributed by atoms with Gasteiger partial charge in [0.15, 0.2) is 0 Å². The van der Waals surface area contributed by atoms with Gasteiger partial charge in [0.25, 0.3) is 0 Å². The summed E-state index contributed by atoms with van der Waals surface area (Å²) in [6.45, 7) is 1.78. The molecule has 1 N–H and O–H groups in total. The van der Waals surface area contributed by atoms with E-state index in [1.165, 1.54) is 12.3 Å². The van der Waals surface area contributed by atoms with Crippen molar-refractivity contribution in [2.24, 2.45) is 0 Å². The van der Waals surface area contributed by atoms with Gasteiger partial charge in [-0.15, -0.1) is 0 Å². The molecule has 7 heteroatoms. The Morgan fingerprint density at radius 3 is 2.70 bits per heavy atom. The van der Waals surface area contributed by atoms with Gasteiger partial charge in [0.2, 0.25) is 0 Å². The molecule has 0 unspecified atom stereocenters. The van der Waals surface area contributed by atoms with Gasteiger partial charge >= 0.3 is 6.18 Å². The van der Waals surface area contributed by atoms with Gasteiger partial charge in [-0.2, -0.15) is 18.4 Å². The largest absolute Gasteiger partial charge is 0.419 e.